The summed E-state index contributed by atoms with van der Waals surface area (Å²) in [6.07, 6.45) is 6.49. The van der Waals surface area contributed by atoms with E-state index in [-0.39, 0.29) is 11.9 Å². The fraction of sp³-hybridized carbons (Fsp3) is 0.500. The van der Waals surface area contributed by atoms with Crippen LogP contribution in [0.4, 0.5) is 0 Å². The highest BCUT2D eigenvalue weighted by Crippen LogP contribution is 2.20. The van der Waals surface area contributed by atoms with E-state index in [0.717, 1.165) is 38.9 Å². The van der Waals surface area contributed by atoms with Crippen LogP contribution >= 0.6 is 11.3 Å². The number of carbonyl (C=O) groups is 1. The Morgan fingerprint density at radius 2 is 2.19 bits per heavy atom. The van der Waals surface area contributed by atoms with Crippen LogP contribution in [0.5, 0.6) is 0 Å². The molecule has 1 fully saturated rings. The lowest BCUT2D eigenvalue weighted by molar-refractivity contribution is 0.0486. The minimum atomic E-state index is 0.0622. The zero-order chi connectivity index (χ0) is 18.2. The number of aromatic nitrogens is 1. The Hall–Kier alpha value is -1.76. The van der Waals surface area contributed by atoms with Crippen LogP contribution in [0.2, 0.25) is 0 Å². The zero-order valence-corrected chi connectivity index (χ0v) is 16.2. The molecule has 2 aromatic heterocycles. The van der Waals surface area contributed by atoms with E-state index in [1.807, 2.05) is 28.4 Å². The highest BCUT2D eigenvalue weighted by molar-refractivity contribution is 7.09. The van der Waals surface area contributed by atoms with Gasteiger partial charge in [0.1, 0.15) is 0 Å². The van der Waals surface area contributed by atoms with Gasteiger partial charge in [-0.15, -0.1) is 11.3 Å². The summed E-state index contributed by atoms with van der Waals surface area (Å²) < 4.78 is 5.23. The summed E-state index contributed by atoms with van der Waals surface area (Å²) in [5.74, 6) is 0.0622. The summed E-state index contributed by atoms with van der Waals surface area (Å²) in [7, 11) is 1.68. The molecule has 0 atom stereocenters. The number of nitrogens with zero attached hydrogens (tertiary/aromatic N) is 3. The van der Waals surface area contributed by atoms with Gasteiger partial charge in [-0.3, -0.25) is 9.78 Å². The maximum absolute atomic E-state index is 12.9. The van der Waals surface area contributed by atoms with Crippen LogP contribution in [0.15, 0.2) is 42.0 Å². The van der Waals surface area contributed by atoms with Crippen molar-refractivity contribution in [3.63, 3.8) is 0 Å². The molecule has 0 radical (unpaired) electrons. The van der Waals surface area contributed by atoms with Crippen LogP contribution in [0.25, 0.3) is 0 Å². The highest BCUT2D eigenvalue weighted by atomic mass is 32.1. The molecular formula is C20H27N3O2S. The largest absolute Gasteiger partial charge is 0.383 e. The molecule has 0 aromatic carbocycles. The van der Waals surface area contributed by atoms with Crippen molar-refractivity contribution in [1.82, 2.24) is 14.8 Å². The van der Waals surface area contributed by atoms with E-state index in [9.17, 15) is 4.79 Å². The molecule has 140 valence electrons. The topological polar surface area (TPSA) is 45.7 Å². The highest BCUT2D eigenvalue weighted by Gasteiger charge is 2.28. The monoisotopic (exact) mass is 373 g/mol. The average Bonchev–Trinajstić information content (AvgIpc) is 3.22. The molecule has 2 aromatic rings. The second kappa shape index (κ2) is 9.80. The van der Waals surface area contributed by atoms with E-state index in [1.54, 1.807) is 19.5 Å². The van der Waals surface area contributed by atoms with Crippen molar-refractivity contribution < 1.29 is 9.53 Å². The van der Waals surface area contributed by atoms with E-state index < -0.39 is 0 Å². The van der Waals surface area contributed by atoms with E-state index in [4.69, 9.17) is 4.74 Å². The van der Waals surface area contributed by atoms with Gasteiger partial charge in [0, 0.05) is 56.6 Å². The van der Waals surface area contributed by atoms with Crippen molar-refractivity contribution in [2.24, 2.45) is 0 Å². The number of piperidine rings is 1. The number of likely N-dealkylation sites (tertiary alicyclic amines) is 1. The molecular weight excluding hydrogens is 346 g/mol. The molecule has 3 heterocycles. The predicted molar refractivity (Wildman–Crippen MR) is 105 cm³/mol. The number of thiophene rings is 1. The van der Waals surface area contributed by atoms with Crippen molar-refractivity contribution in [3.8, 4) is 0 Å². The molecule has 26 heavy (non-hydrogen) atoms. The number of hydrogen-bond acceptors (Lipinski definition) is 5. The van der Waals surface area contributed by atoms with Crippen LogP contribution in [0.1, 0.15) is 28.1 Å². The number of carbonyl (C=O) groups excluding carboxylic acids is 1. The fourth-order valence-electron chi connectivity index (χ4n) is 3.47. The third-order valence-electron chi connectivity index (χ3n) is 4.96. The standard InChI is InChI=1S/C20H27N3O2S/c1-25-14-13-23(20(24)17-4-2-9-21-16-17)18-6-10-22(11-7-18)12-8-19-5-3-15-26-19/h2-5,9,15-16,18H,6-8,10-14H2,1H3. The van der Waals surface area contributed by atoms with E-state index >= 15 is 0 Å². The van der Waals surface area contributed by atoms with Crippen LogP contribution in [0.3, 0.4) is 0 Å². The van der Waals surface area contributed by atoms with Gasteiger partial charge < -0.3 is 14.5 Å². The number of ether oxygens (including phenoxy) is 1. The van der Waals surface area contributed by atoms with Gasteiger partial charge in [0.05, 0.1) is 12.2 Å². The lowest BCUT2D eigenvalue weighted by Crippen LogP contribution is -2.48. The predicted octanol–water partition coefficient (Wildman–Crippen LogP) is 2.94. The van der Waals surface area contributed by atoms with Gasteiger partial charge in [-0.1, -0.05) is 6.07 Å². The van der Waals surface area contributed by atoms with Gasteiger partial charge in [-0.25, -0.2) is 0 Å². The molecule has 0 N–H and O–H groups in total. The van der Waals surface area contributed by atoms with Gasteiger partial charge in [-0.05, 0) is 42.8 Å². The molecule has 1 saturated heterocycles. The average molecular weight is 374 g/mol. The van der Waals surface area contributed by atoms with Crippen LogP contribution in [-0.4, -0.2) is 66.6 Å². The molecule has 1 aliphatic heterocycles. The van der Waals surface area contributed by atoms with Crippen molar-refractivity contribution in [2.45, 2.75) is 25.3 Å². The molecule has 0 saturated carbocycles. The lowest BCUT2D eigenvalue weighted by atomic mass is 10.0. The van der Waals surface area contributed by atoms with E-state index in [1.165, 1.54) is 4.88 Å². The Morgan fingerprint density at radius 3 is 2.85 bits per heavy atom. The number of pyridine rings is 1. The van der Waals surface area contributed by atoms with Crippen molar-refractivity contribution in [1.29, 1.82) is 0 Å². The summed E-state index contributed by atoms with van der Waals surface area (Å²) in [5, 5.41) is 2.14. The maximum Gasteiger partial charge on any atom is 0.255 e. The van der Waals surface area contributed by atoms with Gasteiger partial charge in [-0.2, -0.15) is 0 Å². The molecule has 0 bridgehead atoms. The van der Waals surface area contributed by atoms with Crippen LogP contribution in [-0.2, 0) is 11.2 Å². The quantitative estimate of drug-likeness (QED) is 0.714. The maximum atomic E-state index is 12.9. The Kier molecular flexibility index (Phi) is 7.17. The lowest BCUT2D eigenvalue weighted by Gasteiger charge is -2.38. The second-order valence-corrected chi connectivity index (χ2v) is 7.67. The normalized spacial score (nSPS) is 15.9. The van der Waals surface area contributed by atoms with Gasteiger partial charge in [0.2, 0.25) is 0 Å². The van der Waals surface area contributed by atoms with E-state index in [0.29, 0.717) is 18.7 Å². The molecule has 1 amide bonds. The van der Waals surface area contributed by atoms with Crippen LogP contribution in [0, 0.1) is 0 Å². The fourth-order valence-corrected chi connectivity index (χ4v) is 4.17. The Labute approximate surface area is 159 Å². The summed E-state index contributed by atoms with van der Waals surface area (Å²) in [5.41, 5.74) is 0.656. The minimum absolute atomic E-state index is 0.0622. The molecule has 3 rings (SSSR count). The third-order valence-corrected chi connectivity index (χ3v) is 5.89. The van der Waals surface area contributed by atoms with E-state index in [2.05, 4.69) is 27.4 Å². The molecule has 6 heteroatoms. The number of rotatable bonds is 8. The molecule has 0 aliphatic carbocycles. The molecule has 1 aliphatic rings. The molecule has 0 unspecified atom stereocenters. The SMILES string of the molecule is COCCN(C(=O)c1cccnc1)C1CCN(CCc2cccs2)CC1. The number of methoxy groups -OCH3 is 1. The molecule has 0 spiro atoms. The smallest absolute Gasteiger partial charge is 0.255 e. The molecule has 5 nitrogen and oxygen atoms in total. The van der Waals surface area contributed by atoms with Crippen molar-refractivity contribution in [3.05, 3.63) is 52.5 Å². The first-order valence-electron chi connectivity index (χ1n) is 9.22. The summed E-state index contributed by atoms with van der Waals surface area (Å²) in [6.45, 7) is 4.37. The number of hydrogen-bond donors (Lipinski definition) is 0. The van der Waals surface area contributed by atoms with Gasteiger partial charge in [0.15, 0.2) is 0 Å². The zero-order valence-electron chi connectivity index (χ0n) is 15.3. The summed E-state index contributed by atoms with van der Waals surface area (Å²) in [4.78, 5) is 23.0. The van der Waals surface area contributed by atoms with Gasteiger partial charge >= 0.3 is 0 Å². The Bertz CT molecular complexity index is 655. The summed E-state index contributed by atoms with van der Waals surface area (Å²) in [6, 6.07) is 8.25. The first-order chi connectivity index (χ1) is 12.8. The minimum Gasteiger partial charge on any atom is -0.383 e. The Morgan fingerprint density at radius 1 is 1.35 bits per heavy atom. The first kappa shape index (κ1) is 19.0. The second-order valence-electron chi connectivity index (χ2n) is 6.64. The summed E-state index contributed by atoms with van der Waals surface area (Å²) >= 11 is 1.83. The third kappa shape index (κ3) is 5.13. The van der Waals surface area contributed by atoms with Crippen LogP contribution < -0.4 is 0 Å². The first-order valence-corrected chi connectivity index (χ1v) is 10.1. The Balaban J connectivity index is 1.55. The van der Waals surface area contributed by atoms with Crippen molar-refractivity contribution in [2.75, 3.05) is 39.9 Å². The van der Waals surface area contributed by atoms with Gasteiger partial charge in [0.25, 0.3) is 5.91 Å². The number of amides is 1. The van der Waals surface area contributed by atoms with Crippen molar-refractivity contribution >= 4 is 17.2 Å².